The highest BCUT2D eigenvalue weighted by molar-refractivity contribution is 9.08. The highest BCUT2D eigenvalue weighted by atomic mass is 79.9. The van der Waals surface area contributed by atoms with Crippen molar-refractivity contribution < 1.29 is 8.42 Å². The van der Waals surface area contributed by atoms with Gasteiger partial charge in [0.05, 0.1) is 4.90 Å². The van der Waals surface area contributed by atoms with Gasteiger partial charge in [-0.3, -0.25) is 4.98 Å². The van der Waals surface area contributed by atoms with Crippen LogP contribution < -0.4 is 0 Å². The summed E-state index contributed by atoms with van der Waals surface area (Å²) in [6.45, 7) is 1.86. The number of rotatable bonds is 5. The number of halogens is 1. The SMILES string of the molecule is CC(c1ccncc1)N(C)S(=O)(=O)c1ccc(CBr)cc1. The van der Waals surface area contributed by atoms with Crippen molar-refractivity contribution in [3.8, 4) is 0 Å². The molecule has 1 aromatic heterocycles. The molecule has 6 heteroatoms. The molecule has 21 heavy (non-hydrogen) atoms. The number of hydrogen-bond acceptors (Lipinski definition) is 3. The van der Waals surface area contributed by atoms with Crippen molar-refractivity contribution in [2.45, 2.75) is 23.2 Å². The highest BCUT2D eigenvalue weighted by Crippen LogP contribution is 2.25. The summed E-state index contributed by atoms with van der Waals surface area (Å²) >= 11 is 3.35. The Hall–Kier alpha value is -1.24. The van der Waals surface area contributed by atoms with Crippen molar-refractivity contribution >= 4 is 26.0 Å². The van der Waals surface area contributed by atoms with Gasteiger partial charge in [0.25, 0.3) is 0 Å². The van der Waals surface area contributed by atoms with Crippen LogP contribution in [0.2, 0.25) is 0 Å². The summed E-state index contributed by atoms with van der Waals surface area (Å²) < 4.78 is 26.7. The lowest BCUT2D eigenvalue weighted by molar-refractivity contribution is 0.398. The number of alkyl halides is 1. The van der Waals surface area contributed by atoms with Gasteiger partial charge in [0.1, 0.15) is 0 Å². The normalized spacial score (nSPS) is 13.3. The van der Waals surface area contributed by atoms with Crippen LogP contribution in [-0.4, -0.2) is 24.8 Å². The second kappa shape index (κ2) is 6.68. The Morgan fingerprint density at radius 2 is 1.71 bits per heavy atom. The molecule has 0 bridgehead atoms. The van der Waals surface area contributed by atoms with E-state index < -0.39 is 10.0 Å². The Labute approximate surface area is 134 Å². The molecule has 1 heterocycles. The molecule has 4 nitrogen and oxygen atoms in total. The zero-order valence-corrected chi connectivity index (χ0v) is 14.3. The minimum absolute atomic E-state index is 0.256. The Morgan fingerprint density at radius 1 is 1.14 bits per heavy atom. The third-order valence-electron chi connectivity index (χ3n) is 3.49. The average Bonchev–Trinajstić information content (AvgIpc) is 2.54. The highest BCUT2D eigenvalue weighted by Gasteiger charge is 2.26. The lowest BCUT2D eigenvalue weighted by Gasteiger charge is -2.24. The van der Waals surface area contributed by atoms with Crippen LogP contribution in [0.15, 0.2) is 53.7 Å². The van der Waals surface area contributed by atoms with E-state index in [4.69, 9.17) is 0 Å². The molecular weight excluding hydrogens is 352 g/mol. The topological polar surface area (TPSA) is 50.3 Å². The van der Waals surface area contributed by atoms with Crippen molar-refractivity contribution in [3.63, 3.8) is 0 Å². The van der Waals surface area contributed by atoms with Gasteiger partial charge in [-0.2, -0.15) is 4.31 Å². The van der Waals surface area contributed by atoms with Crippen molar-refractivity contribution in [3.05, 3.63) is 59.9 Å². The van der Waals surface area contributed by atoms with E-state index in [1.54, 1.807) is 31.6 Å². The lowest BCUT2D eigenvalue weighted by atomic mass is 10.1. The van der Waals surface area contributed by atoms with E-state index in [1.807, 2.05) is 31.2 Å². The molecule has 0 amide bonds. The van der Waals surface area contributed by atoms with E-state index in [-0.39, 0.29) is 6.04 Å². The van der Waals surface area contributed by atoms with Crippen LogP contribution in [0, 0.1) is 0 Å². The lowest BCUT2D eigenvalue weighted by Crippen LogP contribution is -2.29. The summed E-state index contributed by atoms with van der Waals surface area (Å²) in [6.07, 6.45) is 3.33. The first-order chi connectivity index (χ1) is 9.96. The number of nitrogens with zero attached hydrogens (tertiary/aromatic N) is 2. The van der Waals surface area contributed by atoms with Crippen LogP contribution in [0.1, 0.15) is 24.1 Å². The fraction of sp³-hybridized carbons (Fsp3) is 0.267. The van der Waals surface area contributed by atoms with E-state index in [2.05, 4.69) is 20.9 Å². The number of sulfonamides is 1. The molecular formula is C15H17BrN2O2S. The Morgan fingerprint density at radius 3 is 2.24 bits per heavy atom. The molecule has 2 aromatic rings. The van der Waals surface area contributed by atoms with Gasteiger partial charge >= 0.3 is 0 Å². The Bertz CT molecular complexity index is 687. The first kappa shape index (κ1) is 16.1. The molecule has 2 rings (SSSR count). The molecule has 0 aliphatic heterocycles. The monoisotopic (exact) mass is 368 g/mol. The Balaban J connectivity index is 2.29. The molecule has 0 spiro atoms. The van der Waals surface area contributed by atoms with Crippen LogP contribution in [0.3, 0.4) is 0 Å². The van der Waals surface area contributed by atoms with Crippen molar-refractivity contribution in [2.75, 3.05) is 7.05 Å². The third-order valence-corrected chi connectivity index (χ3v) is 6.08. The molecule has 0 saturated carbocycles. The standard InChI is InChI=1S/C15H17BrN2O2S/c1-12(14-7-9-17-10-8-14)18(2)21(19,20)15-5-3-13(11-16)4-6-15/h3-10,12H,11H2,1-2H3. The molecule has 0 aliphatic rings. The fourth-order valence-electron chi connectivity index (χ4n) is 1.98. The van der Waals surface area contributed by atoms with Gasteiger partial charge in [0.15, 0.2) is 0 Å². The first-order valence-electron chi connectivity index (χ1n) is 6.49. The smallest absolute Gasteiger partial charge is 0.243 e. The summed E-state index contributed by atoms with van der Waals surface area (Å²) in [7, 11) is -1.92. The maximum absolute atomic E-state index is 12.6. The summed E-state index contributed by atoms with van der Waals surface area (Å²) in [5.41, 5.74) is 1.95. The summed E-state index contributed by atoms with van der Waals surface area (Å²) in [5.74, 6) is 0. The zero-order valence-electron chi connectivity index (χ0n) is 11.9. The van der Waals surface area contributed by atoms with Crippen molar-refractivity contribution in [1.29, 1.82) is 0 Å². The van der Waals surface area contributed by atoms with Gasteiger partial charge in [0, 0.05) is 30.8 Å². The van der Waals surface area contributed by atoms with Crippen LogP contribution in [-0.2, 0) is 15.4 Å². The van der Waals surface area contributed by atoms with Crippen LogP contribution in [0.4, 0.5) is 0 Å². The summed E-state index contributed by atoms with van der Waals surface area (Å²) in [6, 6.07) is 10.3. The predicted molar refractivity (Wildman–Crippen MR) is 86.7 cm³/mol. The van der Waals surface area contributed by atoms with Gasteiger partial charge in [-0.05, 0) is 42.3 Å². The van der Waals surface area contributed by atoms with E-state index in [0.717, 1.165) is 11.1 Å². The number of aromatic nitrogens is 1. The van der Waals surface area contributed by atoms with Gasteiger partial charge in [-0.15, -0.1) is 0 Å². The van der Waals surface area contributed by atoms with Crippen LogP contribution in [0.25, 0.3) is 0 Å². The second-order valence-corrected chi connectivity index (χ2v) is 7.31. The maximum atomic E-state index is 12.6. The van der Waals surface area contributed by atoms with E-state index in [1.165, 1.54) is 4.31 Å². The number of hydrogen-bond donors (Lipinski definition) is 0. The molecule has 0 saturated heterocycles. The summed E-state index contributed by atoms with van der Waals surface area (Å²) in [5, 5.41) is 0.705. The molecule has 0 fully saturated rings. The molecule has 1 aromatic carbocycles. The quantitative estimate of drug-likeness (QED) is 0.760. The van der Waals surface area contributed by atoms with E-state index >= 15 is 0 Å². The molecule has 112 valence electrons. The number of pyridine rings is 1. The van der Waals surface area contributed by atoms with Gasteiger partial charge in [0.2, 0.25) is 10.0 Å². The summed E-state index contributed by atoms with van der Waals surface area (Å²) in [4.78, 5) is 4.26. The fourth-order valence-corrected chi connectivity index (χ4v) is 3.70. The van der Waals surface area contributed by atoms with E-state index in [9.17, 15) is 8.42 Å². The van der Waals surface area contributed by atoms with Crippen LogP contribution in [0.5, 0.6) is 0 Å². The minimum Gasteiger partial charge on any atom is -0.265 e. The second-order valence-electron chi connectivity index (χ2n) is 4.76. The largest absolute Gasteiger partial charge is 0.265 e. The van der Waals surface area contributed by atoms with Gasteiger partial charge < -0.3 is 0 Å². The zero-order chi connectivity index (χ0) is 15.5. The average molecular weight is 369 g/mol. The molecule has 0 N–H and O–H groups in total. The van der Waals surface area contributed by atoms with Gasteiger partial charge in [-0.1, -0.05) is 28.1 Å². The predicted octanol–water partition coefficient (Wildman–Crippen LogP) is 3.36. The number of benzene rings is 1. The van der Waals surface area contributed by atoms with Gasteiger partial charge in [-0.25, -0.2) is 8.42 Å². The third kappa shape index (κ3) is 3.51. The maximum Gasteiger partial charge on any atom is 0.243 e. The van der Waals surface area contributed by atoms with Crippen molar-refractivity contribution in [2.24, 2.45) is 0 Å². The molecule has 1 atom stereocenters. The molecule has 0 aliphatic carbocycles. The first-order valence-corrected chi connectivity index (χ1v) is 9.06. The Kier molecular flexibility index (Phi) is 5.13. The molecule has 0 radical (unpaired) electrons. The molecule has 1 unspecified atom stereocenters. The minimum atomic E-state index is -3.51. The van der Waals surface area contributed by atoms with Crippen molar-refractivity contribution in [1.82, 2.24) is 9.29 Å². The van der Waals surface area contributed by atoms with Crippen LogP contribution >= 0.6 is 15.9 Å². The van der Waals surface area contributed by atoms with E-state index in [0.29, 0.717) is 10.2 Å².